The Balaban J connectivity index is 1.82. The fourth-order valence-electron chi connectivity index (χ4n) is 2.07. The van der Waals surface area contributed by atoms with Crippen molar-refractivity contribution in [3.8, 4) is 0 Å². The molecule has 0 bridgehead atoms. The summed E-state index contributed by atoms with van der Waals surface area (Å²) in [6.45, 7) is 2.00. The molecule has 6 nitrogen and oxygen atoms in total. The molecule has 1 aliphatic heterocycles. The fraction of sp³-hybridized carbons (Fsp3) is 0.429. The number of anilines is 1. The van der Waals surface area contributed by atoms with Gasteiger partial charge < -0.3 is 20.5 Å². The predicted molar refractivity (Wildman–Crippen MR) is 73.6 cm³/mol. The molecule has 0 aromatic heterocycles. The molecule has 20 heavy (non-hydrogen) atoms. The normalized spacial score (nSPS) is 18.5. The topological polar surface area (TPSA) is 87.7 Å². The minimum Gasteiger partial charge on any atom is -0.481 e. The van der Waals surface area contributed by atoms with E-state index < -0.39 is 5.97 Å². The van der Waals surface area contributed by atoms with Crippen LogP contribution in [0.1, 0.15) is 12.0 Å². The summed E-state index contributed by atoms with van der Waals surface area (Å²) >= 11 is 0. The quantitative estimate of drug-likeness (QED) is 0.735. The number of carbonyl (C=O) groups excluding carboxylic acids is 1. The maximum Gasteiger partial charge on any atom is 0.307 e. The van der Waals surface area contributed by atoms with Crippen LogP contribution in [0.4, 0.5) is 5.69 Å². The Hall–Kier alpha value is -1.92. The Kier molecular flexibility index (Phi) is 5.09. The molecule has 1 fully saturated rings. The highest BCUT2D eigenvalue weighted by atomic mass is 16.5. The minimum absolute atomic E-state index is 0.0163. The lowest BCUT2D eigenvalue weighted by molar-refractivity contribution is -0.136. The molecule has 6 heteroatoms. The summed E-state index contributed by atoms with van der Waals surface area (Å²) in [5, 5.41) is 14.7. The maximum absolute atomic E-state index is 11.8. The van der Waals surface area contributed by atoms with Crippen LogP contribution in [0.5, 0.6) is 0 Å². The van der Waals surface area contributed by atoms with Gasteiger partial charge in [-0.25, -0.2) is 0 Å². The first kappa shape index (κ1) is 14.5. The number of carboxylic acid groups (broad SMARTS) is 1. The average molecular weight is 278 g/mol. The average Bonchev–Trinajstić information content (AvgIpc) is 2.41. The third-order valence-corrected chi connectivity index (χ3v) is 3.02. The number of rotatable bonds is 5. The molecule has 1 heterocycles. The van der Waals surface area contributed by atoms with Gasteiger partial charge in [0.1, 0.15) is 0 Å². The van der Waals surface area contributed by atoms with Crippen LogP contribution in [-0.2, 0) is 20.7 Å². The summed E-state index contributed by atoms with van der Waals surface area (Å²) in [5.74, 6) is -0.954. The molecule has 0 spiro atoms. The van der Waals surface area contributed by atoms with Gasteiger partial charge in [-0.3, -0.25) is 9.59 Å². The highest BCUT2D eigenvalue weighted by Gasteiger charge is 2.16. The van der Waals surface area contributed by atoms with Crippen LogP contribution in [0.2, 0.25) is 0 Å². The largest absolute Gasteiger partial charge is 0.481 e. The van der Waals surface area contributed by atoms with Crippen molar-refractivity contribution in [2.45, 2.75) is 18.9 Å². The molecule has 1 atom stereocenters. The zero-order valence-electron chi connectivity index (χ0n) is 11.1. The molecule has 0 saturated carbocycles. The van der Waals surface area contributed by atoms with Crippen LogP contribution < -0.4 is 10.6 Å². The first-order chi connectivity index (χ1) is 9.63. The SMILES string of the molecule is O=C(O)Cc1ccc(NC(=O)CC2COCCN2)cc1. The molecule has 2 rings (SSSR count). The van der Waals surface area contributed by atoms with Crippen molar-refractivity contribution >= 4 is 17.6 Å². The van der Waals surface area contributed by atoms with Gasteiger partial charge >= 0.3 is 5.97 Å². The third-order valence-electron chi connectivity index (χ3n) is 3.02. The smallest absolute Gasteiger partial charge is 0.307 e. The summed E-state index contributed by atoms with van der Waals surface area (Å²) in [6.07, 6.45) is 0.342. The molecular formula is C14H18N2O4. The Morgan fingerprint density at radius 3 is 2.70 bits per heavy atom. The number of aliphatic carboxylic acids is 1. The predicted octanol–water partition coefficient (Wildman–Crippen LogP) is 0.631. The summed E-state index contributed by atoms with van der Waals surface area (Å²) in [6, 6.07) is 6.87. The van der Waals surface area contributed by atoms with Gasteiger partial charge in [0.2, 0.25) is 5.91 Å². The molecule has 0 aliphatic carbocycles. The third kappa shape index (κ3) is 4.64. The highest BCUT2D eigenvalue weighted by molar-refractivity contribution is 5.91. The molecule has 1 unspecified atom stereocenters. The summed E-state index contributed by atoms with van der Waals surface area (Å²) in [5.41, 5.74) is 1.37. The van der Waals surface area contributed by atoms with Gasteiger partial charge in [0.15, 0.2) is 0 Å². The van der Waals surface area contributed by atoms with E-state index in [4.69, 9.17) is 9.84 Å². The molecule has 1 saturated heterocycles. The van der Waals surface area contributed by atoms with E-state index >= 15 is 0 Å². The Bertz CT molecular complexity index is 467. The van der Waals surface area contributed by atoms with E-state index in [0.29, 0.717) is 30.9 Å². The van der Waals surface area contributed by atoms with Crippen molar-refractivity contribution in [1.29, 1.82) is 0 Å². The van der Waals surface area contributed by atoms with Crippen LogP contribution >= 0.6 is 0 Å². The van der Waals surface area contributed by atoms with Crippen molar-refractivity contribution in [3.05, 3.63) is 29.8 Å². The number of amides is 1. The molecule has 0 radical (unpaired) electrons. The number of ether oxygens (including phenoxy) is 1. The molecule has 108 valence electrons. The number of morpholine rings is 1. The fourth-order valence-corrected chi connectivity index (χ4v) is 2.07. The number of hydrogen-bond acceptors (Lipinski definition) is 4. The number of carboxylic acids is 1. The molecule has 1 aliphatic rings. The van der Waals surface area contributed by atoms with Gasteiger partial charge in [-0.15, -0.1) is 0 Å². The standard InChI is InChI=1S/C14H18N2O4/c17-13(8-12-9-20-6-5-15-12)16-11-3-1-10(2-4-11)7-14(18)19/h1-4,12,15H,5-9H2,(H,16,17)(H,18,19). The minimum atomic E-state index is -0.870. The number of nitrogens with one attached hydrogen (secondary N) is 2. The molecule has 3 N–H and O–H groups in total. The van der Waals surface area contributed by atoms with Gasteiger partial charge in [0.25, 0.3) is 0 Å². The zero-order valence-corrected chi connectivity index (χ0v) is 11.1. The first-order valence-corrected chi connectivity index (χ1v) is 6.55. The van der Waals surface area contributed by atoms with Gasteiger partial charge in [0, 0.05) is 24.7 Å². The summed E-state index contributed by atoms with van der Waals surface area (Å²) in [7, 11) is 0. The lowest BCUT2D eigenvalue weighted by atomic mass is 10.1. The molecule has 1 aromatic carbocycles. The summed E-state index contributed by atoms with van der Waals surface area (Å²) in [4.78, 5) is 22.4. The van der Waals surface area contributed by atoms with Gasteiger partial charge in [-0.1, -0.05) is 12.1 Å². The van der Waals surface area contributed by atoms with E-state index in [9.17, 15) is 9.59 Å². The second-order valence-electron chi connectivity index (χ2n) is 4.75. The second-order valence-corrected chi connectivity index (χ2v) is 4.75. The van der Waals surface area contributed by atoms with Crippen molar-refractivity contribution in [1.82, 2.24) is 5.32 Å². The van der Waals surface area contributed by atoms with Gasteiger partial charge in [0.05, 0.1) is 19.6 Å². The molecule has 1 amide bonds. The summed E-state index contributed by atoms with van der Waals surface area (Å²) < 4.78 is 5.29. The van der Waals surface area contributed by atoms with E-state index in [2.05, 4.69) is 10.6 Å². The Morgan fingerprint density at radius 1 is 1.35 bits per heavy atom. The van der Waals surface area contributed by atoms with E-state index in [-0.39, 0.29) is 18.4 Å². The van der Waals surface area contributed by atoms with Crippen LogP contribution in [0, 0.1) is 0 Å². The lowest BCUT2D eigenvalue weighted by Gasteiger charge is -2.23. The van der Waals surface area contributed by atoms with Gasteiger partial charge in [-0.2, -0.15) is 0 Å². The van der Waals surface area contributed by atoms with Crippen LogP contribution in [0.25, 0.3) is 0 Å². The molecular weight excluding hydrogens is 260 g/mol. The van der Waals surface area contributed by atoms with Crippen molar-refractivity contribution in [2.24, 2.45) is 0 Å². The number of carbonyl (C=O) groups is 2. The van der Waals surface area contributed by atoms with Crippen LogP contribution in [0.3, 0.4) is 0 Å². The Morgan fingerprint density at radius 2 is 2.10 bits per heavy atom. The van der Waals surface area contributed by atoms with E-state index in [1.54, 1.807) is 24.3 Å². The van der Waals surface area contributed by atoms with E-state index in [1.165, 1.54) is 0 Å². The number of benzene rings is 1. The monoisotopic (exact) mass is 278 g/mol. The number of hydrogen-bond donors (Lipinski definition) is 3. The van der Waals surface area contributed by atoms with Gasteiger partial charge in [-0.05, 0) is 17.7 Å². The first-order valence-electron chi connectivity index (χ1n) is 6.55. The Labute approximate surface area is 117 Å². The van der Waals surface area contributed by atoms with Crippen molar-refractivity contribution in [2.75, 3.05) is 25.1 Å². The van der Waals surface area contributed by atoms with Crippen molar-refractivity contribution < 1.29 is 19.4 Å². The van der Waals surface area contributed by atoms with Crippen LogP contribution in [-0.4, -0.2) is 42.8 Å². The second kappa shape index (κ2) is 7.02. The van der Waals surface area contributed by atoms with E-state index in [1.807, 2.05) is 0 Å². The highest BCUT2D eigenvalue weighted by Crippen LogP contribution is 2.11. The molecule has 1 aromatic rings. The maximum atomic E-state index is 11.8. The lowest BCUT2D eigenvalue weighted by Crippen LogP contribution is -2.43. The van der Waals surface area contributed by atoms with Crippen molar-refractivity contribution in [3.63, 3.8) is 0 Å². The van der Waals surface area contributed by atoms with E-state index in [0.717, 1.165) is 6.54 Å². The van der Waals surface area contributed by atoms with Crippen LogP contribution in [0.15, 0.2) is 24.3 Å². The zero-order chi connectivity index (χ0) is 14.4.